The number of rotatable bonds is 13. The number of methoxy groups -OCH3 is 2. The number of halogens is 1. The lowest BCUT2D eigenvalue weighted by Crippen LogP contribution is -2.62. The Labute approximate surface area is 322 Å². The van der Waals surface area contributed by atoms with E-state index in [2.05, 4.69) is 25.7 Å². The molecule has 53 heavy (non-hydrogen) atoms. The van der Waals surface area contributed by atoms with Gasteiger partial charge in [-0.15, -0.1) is 0 Å². The third-order valence-electron chi connectivity index (χ3n) is 9.68. The van der Waals surface area contributed by atoms with E-state index in [9.17, 15) is 32.4 Å². The van der Waals surface area contributed by atoms with Crippen LogP contribution in [0.2, 0.25) is 0 Å². The molecular weight excluding hydrogens is 823 g/mol. The normalized spacial score (nSPS) is 23.8. The van der Waals surface area contributed by atoms with Crippen LogP contribution in [0, 0.1) is 11.3 Å². The summed E-state index contributed by atoms with van der Waals surface area (Å²) in [4.78, 5) is 73.5. The highest BCUT2D eigenvalue weighted by molar-refractivity contribution is 14.1. The SMILES string of the molecule is COC(=O)[C@H](NC(=O)N[C@H](C(=O)N1C[C@H](Oc2nccc3cc(OC)ccc23)C[C@H]1C(=O)N[C@]1(C(=O)NS(=O)(=O)C2CC2)C[C@H]1I)C(C)(C)C)C(C)C. The zero-order valence-corrected chi connectivity index (χ0v) is 33.7. The van der Waals surface area contributed by atoms with Crippen LogP contribution in [0.4, 0.5) is 4.79 Å². The van der Waals surface area contributed by atoms with Crippen molar-refractivity contribution >= 4 is 73.1 Å². The Morgan fingerprint density at radius 1 is 1.06 bits per heavy atom. The summed E-state index contributed by atoms with van der Waals surface area (Å²) in [5, 5.41) is 8.90. The molecule has 4 N–H and O–H groups in total. The molecule has 3 aliphatic rings. The Hall–Kier alpha value is -3.94. The minimum absolute atomic E-state index is 0.00337. The molecule has 6 atom stereocenters. The number of likely N-dealkylation sites (tertiary alicyclic amines) is 1. The number of carbonyl (C=O) groups excluding carboxylic acids is 5. The van der Waals surface area contributed by atoms with Gasteiger partial charge in [0.1, 0.15) is 35.5 Å². The summed E-state index contributed by atoms with van der Waals surface area (Å²) in [7, 11) is -1.12. The van der Waals surface area contributed by atoms with E-state index in [4.69, 9.17) is 14.2 Å². The van der Waals surface area contributed by atoms with Gasteiger partial charge >= 0.3 is 12.0 Å². The molecule has 0 spiro atoms. The van der Waals surface area contributed by atoms with E-state index in [1.165, 1.54) is 12.0 Å². The number of hydrogen-bond acceptors (Lipinski definition) is 11. The van der Waals surface area contributed by atoms with E-state index >= 15 is 0 Å². The summed E-state index contributed by atoms with van der Waals surface area (Å²) >= 11 is 1.99. The minimum atomic E-state index is -3.89. The zero-order chi connectivity index (χ0) is 39.0. The van der Waals surface area contributed by atoms with Crippen LogP contribution in [0.25, 0.3) is 10.8 Å². The molecule has 1 aromatic heterocycles. The van der Waals surface area contributed by atoms with Crippen molar-refractivity contribution in [1.29, 1.82) is 0 Å². The summed E-state index contributed by atoms with van der Waals surface area (Å²) in [6, 6.07) is 3.03. The molecular formula is C35H47IN6O10S. The second-order valence-corrected chi connectivity index (χ2v) is 18.6. The fraction of sp³-hybridized carbons (Fsp3) is 0.600. The van der Waals surface area contributed by atoms with E-state index in [-0.39, 0.29) is 31.2 Å². The first-order valence-corrected chi connectivity index (χ1v) is 20.2. The predicted octanol–water partition coefficient (Wildman–Crippen LogP) is 2.17. The number of urea groups is 1. The van der Waals surface area contributed by atoms with Gasteiger partial charge in [0.25, 0.3) is 5.91 Å². The quantitative estimate of drug-likeness (QED) is 0.130. The van der Waals surface area contributed by atoms with Crippen molar-refractivity contribution in [2.24, 2.45) is 11.3 Å². The van der Waals surface area contributed by atoms with Crippen molar-refractivity contribution in [2.45, 2.75) is 99.2 Å². The molecule has 290 valence electrons. The van der Waals surface area contributed by atoms with E-state index in [0.717, 1.165) is 5.39 Å². The summed E-state index contributed by atoms with van der Waals surface area (Å²) in [5.74, 6) is -2.18. The number of amides is 5. The molecule has 2 aromatic rings. The lowest BCUT2D eigenvalue weighted by Gasteiger charge is -2.36. The smallest absolute Gasteiger partial charge is 0.328 e. The second kappa shape index (κ2) is 15.4. The molecule has 0 radical (unpaired) electrons. The molecule has 5 amide bonds. The molecule has 5 rings (SSSR count). The highest BCUT2D eigenvalue weighted by Gasteiger charge is 2.62. The fourth-order valence-corrected chi connectivity index (χ4v) is 8.76. The molecule has 1 aliphatic heterocycles. The van der Waals surface area contributed by atoms with Gasteiger partial charge in [-0.05, 0) is 60.2 Å². The second-order valence-electron chi connectivity index (χ2n) is 15.2. The molecule has 2 aliphatic carbocycles. The van der Waals surface area contributed by atoms with Gasteiger partial charge in [0.15, 0.2) is 0 Å². The lowest BCUT2D eigenvalue weighted by atomic mass is 9.85. The molecule has 0 bridgehead atoms. The summed E-state index contributed by atoms with van der Waals surface area (Å²) in [5.41, 5.74) is -2.38. The lowest BCUT2D eigenvalue weighted by molar-refractivity contribution is -0.144. The number of esters is 1. The molecule has 2 saturated carbocycles. The maximum Gasteiger partial charge on any atom is 0.328 e. The predicted molar refractivity (Wildman–Crippen MR) is 202 cm³/mol. The van der Waals surface area contributed by atoms with Gasteiger partial charge < -0.3 is 35.1 Å². The van der Waals surface area contributed by atoms with Gasteiger partial charge in [-0.2, -0.15) is 0 Å². The van der Waals surface area contributed by atoms with Gasteiger partial charge in [-0.25, -0.2) is 23.0 Å². The van der Waals surface area contributed by atoms with Crippen LogP contribution >= 0.6 is 22.6 Å². The number of aromatic nitrogens is 1. The molecule has 1 aromatic carbocycles. The number of pyridine rings is 1. The fourth-order valence-electron chi connectivity index (χ4n) is 6.27. The van der Waals surface area contributed by atoms with Crippen LogP contribution in [0.15, 0.2) is 30.5 Å². The van der Waals surface area contributed by atoms with Crippen LogP contribution in [-0.4, -0.2) is 108 Å². The maximum atomic E-state index is 14.5. The summed E-state index contributed by atoms with van der Waals surface area (Å²) in [6.45, 7) is 8.62. The Balaban J connectivity index is 1.43. The standard InChI is InChI=1S/C35H47IN6O10S/c1-18(2)26(31(45)51-7)38-33(47)39-27(34(3,4)5)30(44)42-17-21(52-29-23-11-8-20(50-6)14-19(23)12-13-37-29)15-24(42)28(43)40-35(16-25(35)36)32(46)41-53(48,49)22-9-10-22/h8,11-14,18,21-22,24-27H,9-10,15-17H2,1-7H3,(H,40,43)(H,41,46)(H2,38,39,47)/t21-,24+,25-,26-,27-,35-/m1/s1. The summed E-state index contributed by atoms with van der Waals surface area (Å²) in [6.07, 6.45) is 1.93. The number of benzene rings is 1. The van der Waals surface area contributed by atoms with Crippen molar-refractivity contribution in [3.63, 3.8) is 0 Å². The first-order valence-electron chi connectivity index (χ1n) is 17.4. The number of sulfonamides is 1. The van der Waals surface area contributed by atoms with Gasteiger partial charge in [0.2, 0.25) is 27.7 Å². The molecule has 18 heteroatoms. The van der Waals surface area contributed by atoms with E-state index in [1.54, 1.807) is 66.1 Å². The number of nitrogens with zero attached hydrogens (tertiary/aromatic N) is 2. The van der Waals surface area contributed by atoms with Crippen molar-refractivity contribution in [1.82, 2.24) is 30.6 Å². The van der Waals surface area contributed by atoms with Crippen molar-refractivity contribution in [3.8, 4) is 11.6 Å². The van der Waals surface area contributed by atoms with E-state index in [0.29, 0.717) is 24.0 Å². The highest BCUT2D eigenvalue weighted by atomic mass is 127. The maximum absolute atomic E-state index is 14.5. The van der Waals surface area contributed by atoms with Crippen molar-refractivity contribution < 1.29 is 46.6 Å². The number of nitrogens with one attached hydrogen (secondary N) is 4. The van der Waals surface area contributed by atoms with Crippen molar-refractivity contribution in [2.75, 3.05) is 20.8 Å². The highest BCUT2D eigenvalue weighted by Crippen LogP contribution is 2.44. The molecule has 16 nitrogen and oxygen atoms in total. The van der Waals surface area contributed by atoms with Crippen LogP contribution in [-0.2, 0) is 33.9 Å². The first-order chi connectivity index (χ1) is 24.8. The van der Waals surface area contributed by atoms with E-state index in [1.807, 2.05) is 28.7 Å². The van der Waals surface area contributed by atoms with Gasteiger partial charge in [-0.1, -0.05) is 57.2 Å². The van der Waals surface area contributed by atoms with Gasteiger partial charge in [0, 0.05) is 21.9 Å². The third kappa shape index (κ3) is 8.90. The Morgan fingerprint density at radius 3 is 2.30 bits per heavy atom. The Morgan fingerprint density at radius 2 is 1.74 bits per heavy atom. The van der Waals surface area contributed by atoms with Crippen LogP contribution in [0.1, 0.15) is 60.3 Å². The largest absolute Gasteiger partial charge is 0.497 e. The molecule has 0 unspecified atom stereocenters. The van der Waals surface area contributed by atoms with Gasteiger partial charge in [0.05, 0.1) is 26.0 Å². The number of fused-ring (bicyclic) bond motifs is 1. The average Bonchev–Trinajstić information content (AvgIpc) is 4.01. The Kier molecular flexibility index (Phi) is 11.7. The number of hydrogen-bond donors (Lipinski definition) is 4. The molecule has 1 saturated heterocycles. The van der Waals surface area contributed by atoms with E-state index < -0.39 is 84.1 Å². The molecule has 2 heterocycles. The monoisotopic (exact) mass is 870 g/mol. The third-order valence-corrected chi connectivity index (χ3v) is 13.0. The summed E-state index contributed by atoms with van der Waals surface area (Å²) < 4.78 is 43.6. The van der Waals surface area contributed by atoms with Crippen molar-refractivity contribution in [3.05, 3.63) is 30.5 Å². The minimum Gasteiger partial charge on any atom is -0.497 e. The van der Waals surface area contributed by atoms with Gasteiger partial charge in [-0.3, -0.25) is 19.1 Å². The topological polar surface area (TPSA) is 211 Å². The number of ether oxygens (including phenoxy) is 3. The van der Waals surface area contributed by atoms with Crippen LogP contribution in [0.3, 0.4) is 0 Å². The number of carbonyl (C=O) groups is 5. The number of alkyl halides is 1. The zero-order valence-electron chi connectivity index (χ0n) is 30.7. The molecule has 3 fully saturated rings. The average molecular weight is 871 g/mol. The van der Waals surface area contributed by atoms with Crippen LogP contribution in [0.5, 0.6) is 11.6 Å². The Bertz CT molecular complexity index is 1880. The van der Waals surface area contributed by atoms with Crippen LogP contribution < -0.4 is 30.1 Å². The first kappa shape index (κ1) is 40.2.